The van der Waals surface area contributed by atoms with Gasteiger partial charge >= 0.3 is 6.03 Å². The molecule has 8 nitrogen and oxygen atoms in total. The average Bonchev–Trinajstić information content (AvgIpc) is 3.01. The summed E-state index contributed by atoms with van der Waals surface area (Å²) in [5.41, 5.74) is 2.17. The number of carbonyl (C=O) groups is 3. The molecule has 0 saturated carbocycles. The minimum Gasteiger partial charge on any atom is -0.486 e. The molecule has 27 heavy (non-hydrogen) atoms. The summed E-state index contributed by atoms with van der Waals surface area (Å²) in [4.78, 5) is 39.5. The molecule has 2 N–H and O–H groups in total. The molecule has 3 saturated heterocycles. The molecular formula is C19H24N4O4. The van der Waals surface area contributed by atoms with E-state index >= 15 is 0 Å². The standard InChI is InChI=1S/C19H24N4O4/c1-11-4-3-5-12(2)17(11)27-14-9-22(10-14)19(26)21-13-6-15-18(25)20-7-16(24)23(15)8-13/h3-5,13-15H,6-10H2,1-2H3,(H,20,25)(H,21,26)/t13-,15-/m0/s1. The summed E-state index contributed by atoms with van der Waals surface area (Å²) in [6.07, 6.45) is 0.442. The van der Waals surface area contributed by atoms with Gasteiger partial charge in [-0.05, 0) is 31.4 Å². The molecule has 1 aromatic rings. The third-order valence-electron chi connectivity index (χ3n) is 5.49. The van der Waals surface area contributed by atoms with E-state index in [-0.39, 0.29) is 36.5 Å². The summed E-state index contributed by atoms with van der Waals surface area (Å²) in [5, 5.41) is 5.53. The number of ether oxygens (including phenoxy) is 1. The number of hydrogen-bond donors (Lipinski definition) is 2. The maximum Gasteiger partial charge on any atom is 0.317 e. The molecule has 0 aliphatic carbocycles. The molecule has 0 radical (unpaired) electrons. The second-order valence-electron chi connectivity index (χ2n) is 7.53. The van der Waals surface area contributed by atoms with Crippen LogP contribution in [0.2, 0.25) is 0 Å². The fourth-order valence-corrected chi connectivity index (χ4v) is 3.94. The van der Waals surface area contributed by atoms with Gasteiger partial charge in [-0.1, -0.05) is 18.2 Å². The van der Waals surface area contributed by atoms with Crippen molar-refractivity contribution in [3.05, 3.63) is 29.3 Å². The van der Waals surface area contributed by atoms with Gasteiger partial charge in [0.1, 0.15) is 17.9 Å². The Balaban J connectivity index is 1.28. The predicted octanol–water partition coefficient (Wildman–Crippen LogP) is 0.175. The first-order chi connectivity index (χ1) is 12.9. The molecular weight excluding hydrogens is 348 g/mol. The second-order valence-corrected chi connectivity index (χ2v) is 7.53. The Labute approximate surface area is 157 Å². The van der Waals surface area contributed by atoms with Gasteiger partial charge in [-0.25, -0.2) is 4.79 Å². The molecule has 1 aromatic carbocycles. The SMILES string of the molecule is Cc1cccc(C)c1OC1CN(C(=O)N[C@H]2C[C@H]3C(=O)NCC(=O)N3C2)C1. The summed E-state index contributed by atoms with van der Waals surface area (Å²) in [6.45, 7) is 5.51. The van der Waals surface area contributed by atoms with Gasteiger partial charge in [-0.3, -0.25) is 9.59 Å². The molecule has 0 unspecified atom stereocenters. The Morgan fingerprint density at radius 1 is 1.19 bits per heavy atom. The number of nitrogens with zero attached hydrogens (tertiary/aromatic N) is 2. The number of aryl methyl sites for hydroxylation is 2. The molecule has 0 bridgehead atoms. The highest BCUT2D eigenvalue weighted by atomic mass is 16.5. The molecule has 3 fully saturated rings. The monoisotopic (exact) mass is 372 g/mol. The first kappa shape index (κ1) is 17.6. The number of benzene rings is 1. The third-order valence-corrected chi connectivity index (χ3v) is 5.49. The van der Waals surface area contributed by atoms with Crippen LogP contribution in [-0.4, -0.2) is 72.0 Å². The van der Waals surface area contributed by atoms with Gasteiger partial charge in [-0.2, -0.15) is 0 Å². The minimum absolute atomic E-state index is 0.0159. The zero-order chi connectivity index (χ0) is 19.1. The summed E-state index contributed by atoms with van der Waals surface area (Å²) in [7, 11) is 0. The van der Waals surface area contributed by atoms with Crippen molar-refractivity contribution < 1.29 is 19.1 Å². The predicted molar refractivity (Wildman–Crippen MR) is 97.4 cm³/mol. The van der Waals surface area contributed by atoms with E-state index in [2.05, 4.69) is 10.6 Å². The van der Waals surface area contributed by atoms with Gasteiger partial charge in [0.25, 0.3) is 0 Å². The fourth-order valence-electron chi connectivity index (χ4n) is 3.94. The normalized spacial score (nSPS) is 25.0. The number of urea groups is 1. The van der Waals surface area contributed by atoms with Crippen molar-refractivity contribution in [1.82, 2.24) is 20.4 Å². The molecule has 3 aliphatic rings. The van der Waals surface area contributed by atoms with Crippen LogP contribution in [0, 0.1) is 13.8 Å². The zero-order valence-electron chi connectivity index (χ0n) is 15.5. The molecule has 3 heterocycles. The van der Waals surface area contributed by atoms with Crippen LogP contribution in [0.3, 0.4) is 0 Å². The molecule has 4 rings (SSSR count). The van der Waals surface area contributed by atoms with Crippen LogP contribution in [0.15, 0.2) is 18.2 Å². The van der Waals surface area contributed by atoms with Crippen molar-refractivity contribution in [2.45, 2.75) is 38.5 Å². The van der Waals surface area contributed by atoms with Crippen LogP contribution in [0.4, 0.5) is 4.79 Å². The Hall–Kier alpha value is -2.77. The highest BCUT2D eigenvalue weighted by molar-refractivity contribution is 5.95. The van der Waals surface area contributed by atoms with E-state index in [4.69, 9.17) is 4.74 Å². The van der Waals surface area contributed by atoms with E-state index in [1.165, 1.54) is 0 Å². The lowest BCUT2D eigenvalue weighted by molar-refractivity contribution is -0.143. The molecule has 144 valence electrons. The lowest BCUT2D eigenvalue weighted by Crippen LogP contribution is -2.60. The smallest absolute Gasteiger partial charge is 0.317 e. The van der Waals surface area contributed by atoms with Crippen LogP contribution < -0.4 is 15.4 Å². The van der Waals surface area contributed by atoms with Gasteiger partial charge in [0.2, 0.25) is 11.8 Å². The van der Waals surface area contributed by atoms with E-state index in [1.807, 2.05) is 32.0 Å². The first-order valence-corrected chi connectivity index (χ1v) is 9.28. The van der Waals surface area contributed by atoms with E-state index < -0.39 is 6.04 Å². The van der Waals surface area contributed by atoms with Crippen LogP contribution in [0.1, 0.15) is 17.5 Å². The summed E-state index contributed by atoms with van der Waals surface area (Å²) >= 11 is 0. The number of likely N-dealkylation sites (tertiary alicyclic amines) is 1. The number of fused-ring (bicyclic) bond motifs is 1. The van der Waals surface area contributed by atoms with Gasteiger partial charge < -0.3 is 25.2 Å². The summed E-state index contributed by atoms with van der Waals surface area (Å²) in [5.74, 6) is 0.652. The van der Waals surface area contributed by atoms with Crippen molar-refractivity contribution in [2.75, 3.05) is 26.2 Å². The Bertz CT molecular complexity index is 746. The van der Waals surface area contributed by atoms with Crippen LogP contribution in [0.5, 0.6) is 5.75 Å². The third kappa shape index (κ3) is 3.31. The average molecular weight is 372 g/mol. The lowest BCUT2D eigenvalue weighted by Gasteiger charge is -2.39. The van der Waals surface area contributed by atoms with Crippen LogP contribution in [-0.2, 0) is 9.59 Å². The first-order valence-electron chi connectivity index (χ1n) is 9.28. The van der Waals surface area contributed by atoms with Gasteiger partial charge in [0, 0.05) is 6.54 Å². The van der Waals surface area contributed by atoms with E-state index in [1.54, 1.807) is 9.80 Å². The van der Waals surface area contributed by atoms with Crippen molar-refractivity contribution in [3.63, 3.8) is 0 Å². The van der Waals surface area contributed by atoms with E-state index in [0.29, 0.717) is 26.1 Å². The minimum atomic E-state index is -0.465. The second kappa shape index (κ2) is 6.75. The zero-order valence-corrected chi connectivity index (χ0v) is 15.5. The molecule has 2 atom stereocenters. The molecule has 3 aliphatic heterocycles. The summed E-state index contributed by atoms with van der Waals surface area (Å²) < 4.78 is 6.04. The van der Waals surface area contributed by atoms with E-state index in [0.717, 1.165) is 16.9 Å². The van der Waals surface area contributed by atoms with Crippen molar-refractivity contribution >= 4 is 17.8 Å². The maximum absolute atomic E-state index is 12.4. The van der Waals surface area contributed by atoms with Gasteiger partial charge in [-0.15, -0.1) is 0 Å². The van der Waals surface area contributed by atoms with Crippen molar-refractivity contribution in [1.29, 1.82) is 0 Å². The lowest BCUT2D eigenvalue weighted by atomic mass is 10.1. The van der Waals surface area contributed by atoms with Gasteiger partial charge in [0.15, 0.2) is 0 Å². The molecule has 8 heteroatoms. The van der Waals surface area contributed by atoms with Crippen molar-refractivity contribution in [3.8, 4) is 5.75 Å². The summed E-state index contributed by atoms with van der Waals surface area (Å²) in [6, 6.07) is 5.18. The van der Waals surface area contributed by atoms with Crippen molar-refractivity contribution in [2.24, 2.45) is 0 Å². The van der Waals surface area contributed by atoms with Crippen LogP contribution >= 0.6 is 0 Å². The highest BCUT2D eigenvalue weighted by Crippen LogP contribution is 2.26. The quantitative estimate of drug-likeness (QED) is 0.792. The Morgan fingerprint density at radius 2 is 1.89 bits per heavy atom. The number of amides is 4. The number of carbonyl (C=O) groups excluding carboxylic acids is 3. The Morgan fingerprint density at radius 3 is 2.56 bits per heavy atom. The van der Waals surface area contributed by atoms with Gasteiger partial charge in [0.05, 0.1) is 25.7 Å². The largest absolute Gasteiger partial charge is 0.486 e. The fraction of sp³-hybridized carbons (Fsp3) is 0.526. The molecule has 0 spiro atoms. The number of piperazine rings is 1. The van der Waals surface area contributed by atoms with Crippen LogP contribution in [0.25, 0.3) is 0 Å². The molecule has 0 aromatic heterocycles. The highest BCUT2D eigenvalue weighted by Gasteiger charge is 2.43. The number of nitrogens with one attached hydrogen (secondary N) is 2. The number of hydrogen-bond acceptors (Lipinski definition) is 4. The molecule has 4 amide bonds. The number of rotatable bonds is 3. The van der Waals surface area contributed by atoms with E-state index in [9.17, 15) is 14.4 Å². The maximum atomic E-state index is 12.4. The topological polar surface area (TPSA) is 91.0 Å². The Kier molecular flexibility index (Phi) is 4.41. The number of para-hydroxylation sites is 1.